The molecule has 0 atom stereocenters. The first-order valence-corrected chi connectivity index (χ1v) is 8.21. The Morgan fingerprint density at radius 3 is 2.08 bits per heavy atom. The lowest BCUT2D eigenvalue weighted by atomic mass is 10.0. The molecule has 3 rings (SSSR count). The summed E-state index contributed by atoms with van der Waals surface area (Å²) in [7, 11) is 0. The van der Waals surface area contributed by atoms with Crippen molar-refractivity contribution >= 4 is 5.97 Å². The smallest absolute Gasteiger partial charge is 0.340 e. The number of rotatable bonds is 4. The number of H-pyrrole nitrogens is 1. The van der Waals surface area contributed by atoms with Crippen LogP contribution >= 0.6 is 0 Å². The lowest BCUT2D eigenvalue weighted by Gasteiger charge is -2.07. The van der Waals surface area contributed by atoms with Crippen molar-refractivity contribution in [2.45, 2.75) is 6.92 Å². The van der Waals surface area contributed by atoms with Crippen molar-refractivity contribution in [2.24, 2.45) is 0 Å². The van der Waals surface area contributed by atoms with E-state index in [1.165, 1.54) is 6.07 Å². The summed E-state index contributed by atoms with van der Waals surface area (Å²) < 4.78 is 5.14. The monoisotopic (exact) mass is 347 g/mol. The molecule has 2 aromatic carbocycles. The summed E-state index contributed by atoms with van der Waals surface area (Å²) in [6.07, 6.45) is 0. The zero-order valence-corrected chi connectivity index (χ0v) is 14.2. The van der Waals surface area contributed by atoms with Crippen LogP contribution in [0.4, 0.5) is 0 Å². The third-order valence-corrected chi connectivity index (χ3v) is 3.89. The van der Waals surface area contributed by atoms with Gasteiger partial charge in [-0.05, 0) is 24.1 Å². The number of aromatic nitrogens is 1. The molecule has 5 nitrogen and oxygen atoms in total. The normalized spacial score (nSPS) is 10.3. The van der Waals surface area contributed by atoms with E-state index < -0.39 is 17.0 Å². The van der Waals surface area contributed by atoms with E-state index in [0.717, 1.165) is 0 Å². The number of nitrogens with one attached hydrogen (secondary N) is 1. The molecule has 0 aliphatic rings. The minimum Gasteiger partial charge on any atom is -0.462 e. The Hall–Kier alpha value is -3.47. The molecule has 0 aliphatic heterocycles. The number of benzene rings is 2. The first-order valence-electron chi connectivity index (χ1n) is 8.21. The van der Waals surface area contributed by atoms with Crippen LogP contribution in [0.5, 0.6) is 0 Å². The molecule has 130 valence electrons. The largest absolute Gasteiger partial charge is 0.462 e. The van der Waals surface area contributed by atoms with Gasteiger partial charge in [0.1, 0.15) is 0 Å². The fourth-order valence-electron chi connectivity index (χ4n) is 2.68. The van der Waals surface area contributed by atoms with Crippen LogP contribution in [0, 0.1) is 0 Å². The number of aromatic amines is 1. The SMILES string of the molecule is CCOC(=O)c1cc(-c2ccccc2)c(=O)c(=O)[nH]c1-c1ccccc1. The van der Waals surface area contributed by atoms with Crippen LogP contribution < -0.4 is 11.0 Å². The Morgan fingerprint density at radius 2 is 1.50 bits per heavy atom. The molecule has 0 radical (unpaired) electrons. The van der Waals surface area contributed by atoms with Gasteiger partial charge in [-0.2, -0.15) is 0 Å². The Balaban J connectivity index is 2.38. The summed E-state index contributed by atoms with van der Waals surface area (Å²) in [6, 6.07) is 19.1. The molecule has 0 spiro atoms. The van der Waals surface area contributed by atoms with Gasteiger partial charge >= 0.3 is 5.97 Å². The maximum Gasteiger partial charge on any atom is 0.340 e. The Morgan fingerprint density at radius 1 is 0.923 bits per heavy atom. The predicted octanol–water partition coefficient (Wildman–Crippen LogP) is 3.25. The molecule has 0 bridgehead atoms. The van der Waals surface area contributed by atoms with Gasteiger partial charge in [-0.25, -0.2) is 4.79 Å². The van der Waals surface area contributed by atoms with Crippen molar-refractivity contribution < 1.29 is 9.53 Å². The molecule has 1 N–H and O–H groups in total. The van der Waals surface area contributed by atoms with Gasteiger partial charge in [-0.15, -0.1) is 0 Å². The molecule has 3 aromatic rings. The fourth-order valence-corrected chi connectivity index (χ4v) is 2.68. The second-order valence-corrected chi connectivity index (χ2v) is 5.58. The van der Waals surface area contributed by atoms with E-state index in [4.69, 9.17) is 4.74 Å². The number of carbonyl (C=O) groups is 1. The molecule has 26 heavy (non-hydrogen) atoms. The van der Waals surface area contributed by atoms with Gasteiger partial charge in [0.05, 0.1) is 17.9 Å². The number of hydrogen-bond acceptors (Lipinski definition) is 4. The average molecular weight is 347 g/mol. The zero-order valence-electron chi connectivity index (χ0n) is 14.2. The van der Waals surface area contributed by atoms with Crippen molar-refractivity contribution in [3.05, 3.63) is 92.9 Å². The van der Waals surface area contributed by atoms with Gasteiger partial charge in [0.25, 0.3) is 11.0 Å². The van der Waals surface area contributed by atoms with Crippen LogP contribution in [0.3, 0.4) is 0 Å². The summed E-state index contributed by atoms with van der Waals surface area (Å²) in [5.41, 5.74) is 0.217. The van der Waals surface area contributed by atoms with Gasteiger partial charge in [0, 0.05) is 5.56 Å². The van der Waals surface area contributed by atoms with E-state index in [1.54, 1.807) is 55.5 Å². The highest BCUT2D eigenvalue weighted by Crippen LogP contribution is 2.23. The van der Waals surface area contributed by atoms with E-state index in [2.05, 4.69) is 4.98 Å². The second-order valence-electron chi connectivity index (χ2n) is 5.58. The summed E-state index contributed by atoms with van der Waals surface area (Å²) in [5, 5.41) is 0. The minimum absolute atomic E-state index is 0.135. The van der Waals surface area contributed by atoms with Crippen LogP contribution in [0.1, 0.15) is 17.3 Å². The maximum atomic E-state index is 12.6. The molecular weight excluding hydrogens is 330 g/mol. The van der Waals surface area contributed by atoms with Gasteiger partial charge in [-0.1, -0.05) is 60.7 Å². The second kappa shape index (κ2) is 7.61. The van der Waals surface area contributed by atoms with Crippen LogP contribution in [0.15, 0.2) is 76.3 Å². The summed E-state index contributed by atoms with van der Waals surface area (Å²) in [6.45, 7) is 1.88. The molecule has 0 aliphatic carbocycles. The summed E-state index contributed by atoms with van der Waals surface area (Å²) in [4.78, 5) is 40.1. The fraction of sp³-hybridized carbons (Fsp3) is 0.0952. The van der Waals surface area contributed by atoms with Crippen LogP contribution in [-0.4, -0.2) is 17.6 Å². The van der Waals surface area contributed by atoms with E-state index in [9.17, 15) is 14.4 Å². The highest BCUT2D eigenvalue weighted by atomic mass is 16.5. The van der Waals surface area contributed by atoms with Crippen molar-refractivity contribution in [3.8, 4) is 22.4 Å². The molecule has 0 saturated heterocycles. The van der Waals surface area contributed by atoms with Crippen LogP contribution in [0.25, 0.3) is 22.4 Å². The summed E-state index contributed by atoms with van der Waals surface area (Å²) >= 11 is 0. The minimum atomic E-state index is -0.793. The van der Waals surface area contributed by atoms with E-state index in [-0.39, 0.29) is 23.4 Å². The highest BCUT2D eigenvalue weighted by molar-refractivity contribution is 5.97. The third-order valence-electron chi connectivity index (χ3n) is 3.89. The van der Waals surface area contributed by atoms with Crippen LogP contribution in [0.2, 0.25) is 0 Å². The molecule has 0 fully saturated rings. The predicted molar refractivity (Wildman–Crippen MR) is 100 cm³/mol. The van der Waals surface area contributed by atoms with E-state index in [1.807, 2.05) is 12.1 Å². The van der Waals surface area contributed by atoms with Gasteiger partial charge in [0.2, 0.25) is 0 Å². The molecule has 0 unspecified atom stereocenters. The summed E-state index contributed by atoms with van der Waals surface area (Å²) in [5.74, 6) is -0.602. The lowest BCUT2D eigenvalue weighted by molar-refractivity contribution is 0.0527. The Labute approximate surface area is 149 Å². The third kappa shape index (κ3) is 3.47. The quantitative estimate of drug-likeness (QED) is 0.581. The number of hydrogen-bond donors (Lipinski definition) is 1. The van der Waals surface area contributed by atoms with Gasteiger partial charge in [0.15, 0.2) is 0 Å². The lowest BCUT2D eigenvalue weighted by Crippen LogP contribution is -2.25. The molecule has 1 aromatic heterocycles. The zero-order chi connectivity index (χ0) is 18.5. The van der Waals surface area contributed by atoms with Crippen molar-refractivity contribution in [3.63, 3.8) is 0 Å². The number of esters is 1. The van der Waals surface area contributed by atoms with E-state index in [0.29, 0.717) is 11.1 Å². The maximum absolute atomic E-state index is 12.6. The topological polar surface area (TPSA) is 76.2 Å². The first kappa shape index (κ1) is 17.4. The van der Waals surface area contributed by atoms with Crippen molar-refractivity contribution in [1.29, 1.82) is 0 Å². The average Bonchev–Trinajstić information content (AvgIpc) is 2.81. The Bertz CT molecular complexity index is 1040. The first-order chi connectivity index (χ1) is 12.6. The van der Waals surface area contributed by atoms with Crippen molar-refractivity contribution in [1.82, 2.24) is 4.98 Å². The molecule has 0 amide bonds. The van der Waals surface area contributed by atoms with Crippen LogP contribution in [-0.2, 0) is 4.74 Å². The van der Waals surface area contributed by atoms with Crippen molar-refractivity contribution in [2.75, 3.05) is 6.61 Å². The standard InChI is InChI=1S/C21H17NO4/c1-2-26-21(25)17-13-16(14-9-5-3-6-10-14)19(23)20(24)22-18(17)15-11-7-4-8-12-15/h3-13H,2H2,1H3,(H,22,23,24). The van der Waals surface area contributed by atoms with Gasteiger partial charge < -0.3 is 9.72 Å². The highest BCUT2D eigenvalue weighted by Gasteiger charge is 2.18. The molecule has 5 heteroatoms. The Kier molecular flexibility index (Phi) is 5.08. The van der Waals surface area contributed by atoms with Gasteiger partial charge in [-0.3, -0.25) is 9.59 Å². The molecule has 0 saturated carbocycles. The molecular formula is C21H17NO4. The van der Waals surface area contributed by atoms with E-state index >= 15 is 0 Å². The number of carbonyl (C=O) groups excluding carboxylic acids is 1. The number of ether oxygens (including phenoxy) is 1. The molecule has 1 heterocycles.